The number of aromatic nitrogens is 1. The van der Waals surface area contributed by atoms with Gasteiger partial charge in [-0.15, -0.1) is 0 Å². The molecule has 0 aliphatic carbocycles. The summed E-state index contributed by atoms with van der Waals surface area (Å²) in [4.78, 5) is 25.9. The first-order valence-electron chi connectivity index (χ1n) is 7.31. The molecule has 2 fully saturated rings. The maximum atomic E-state index is 9.55. The van der Waals surface area contributed by atoms with Gasteiger partial charge in [-0.2, -0.15) is 0 Å². The van der Waals surface area contributed by atoms with E-state index in [1.165, 1.54) is 12.2 Å². The minimum absolute atomic E-state index is 0.558. The molecular weight excluding hydrogens is 378 g/mol. The molecule has 3 heterocycles. The zero-order chi connectivity index (χ0) is 17.7. The van der Waals surface area contributed by atoms with Crippen molar-refractivity contribution in [2.24, 2.45) is 5.92 Å². The molecule has 128 valence electrons. The molecule has 3 N–H and O–H groups in total. The van der Waals surface area contributed by atoms with Gasteiger partial charge in [0.1, 0.15) is 4.60 Å². The minimum atomic E-state index is -1.26. The highest BCUT2D eigenvalue weighted by Crippen LogP contribution is 2.34. The molecule has 2 atom stereocenters. The molecule has 2 aliphatic heterocycles. The highest BCUT2D eigenvalue weighted by atomic mass is 79.9. The molecule has 8 heteroatoms. The van der Waals surface area contributed by atoms with Crippen molar-refractivity contribution in [1.82, 2.24) is 10.3 Å². The summed E-state index contributed by atoms with van der Waals surface area (Å²) in [5.41, 5.74) is 2.27. The van der Waals surface area contributed by atoms with Crippen LogP contribution in [0.15, 0.2) is 35.6 Å². The van der Waals surface area contributed by atoms with Gasteiger partial charge < -0.3 is 20.4 Å². The average molecular weight is 396 g/mol. The highest BCUT2D eigenvalue weighted by molar-refractivity contribution is 9.10. The van der Waals surface area contributed by atoms with Crippen LogP contribution in [0.3, 0.4) is 0 Å². The molecule has 3 rings (SSSR count). The van der Waals surface area contributed by atoms with Crippen molar-refractivity contribution in [1.29, 1.82) is 0 Å². The number of anilines is 1. The van der Waals surface area contributed by atoms with Gasteiger partial charge in [0.25, 0.3) is 0 Å². The molecule has 0 saturated carbocycles. The second-order valence-electron chi connectivity index (χ2n) is 5.43. The maximum absolute atomic E-state index is 9.55. The molecule has 0 spiro atoms. The van der Waals surface area contributed by atoms with Crippen LogP contribution < -0.4 is 10.2 Å². The molecule has 0 radical (unpaired) electrons. The van der Waals surface area contributed by atoms with Crippen LogP contribution in [0.4, 0.5) is 5.69 Å². The first-order chi connectivity index (χ1) is 11.4. The van der Waals surface area contributed by atoms with Crippen molar-refractivity contribution < 1.29 is 19.8 Å². The lowest BCUT2D eigenvalue weighted by Crippen LogP contribution is -2.55. The number of carbonyl (C=O) groups is 2. The Labute approximate surface area is 147 Å². The number of nitrogens with zero attached hydrogens (tertiary/aromatic N) is 2. The minimum Gasteiger partial charge on any atom is -0.478 e. The van der Waals surface area contributed by atoms with E-state index in [1.54, 1.807) is 0 Å². The molecule has 0 unspecified atom stereocenters. The fourth-order valence-corrected chi connectivity index (χ4v) is 3.09. The van der Waals surface area contributed by atoms with Crippen molar-refractivity contribution in [3.63, 3.8) is 0 Å². The van der Waals surface area contributed by atoms with Crippen LogP contribution in [0.5, 0.6) is 0 Å². The van der Waals surface area contributed by atoms with E-state index in [9.17, 15) is 9.59 Å². The summed E-state index contributed by atoms with van der Waals surface area (Å²) in [7, 11) is 0. The van der Waals surface area contributed by atoms with Gasteiger partial charge in [-0.1, -0.05) is 12.7 Å². The van der Waals surface area contributed by atoms with Gasteiger partial charge >= 0.3 is 11.9 Å². The van der Waals surface area contributed by atoms with E-state index in [1.807, 2.05) is 12.3 Å². The topological polar surface area (TPSA) is 103 Å². The van der Waals surface area contributed by atoms with Crippen molar-refractivity contribution in [3.05, 3.63) is 41.2 Å². The van der Waals surface area contributed by atoms with E-state index in [0.29, 0.717) is 18.2 Å². The summed E-state index contributed by atoms with van der Waals surface area (Å²) < 4.78 is 0.868. The number of fused-ring (bicyclic) bond motifs is 1. The van der Waals surface area contributed by atoms with Crippen LogP contribution in [0.25, 0.3) is 6.08 Å². The molecule has 0 aromatic carbocycles. The summed E-state index contributed by atoms with van der Waals surface area (Å²) in [5.74, 6) is -1.68. The van der Waals surface area contributed by atoms with Gasteiger partial charge in [0.05, 0.1) is 11.9 Å². The molecule has 0 bridgehead atoms. The van der Waals surface area contributed by atoms with Gasteiger partial charge in [-0.25, -0.2) is 14.6 Å². The Bertz CT molecular complexity index is 661. The van der Waals surface area contributed by atoms with E-state index >= 15 is 0 Å². The summed E-state index contributed by atoms with van der Waals surface area (Å²) in [6.07, 6.45) is 4.89. The first-order valence-corrected chi connectivity index (χ1v) is 8.11. The zero-order valence-corrected chi connectivity index (χ0v) is 14.4. The quantitative estimate of drug-likeness (QED) is 0.525. The Morgan fingerprint density at radius 1 is 1.33 bits per heavy atom. The number of hydrogen-bond donors (Lipinski definition) is 3. The third kappa shape index (κ3) is 4.42. The number of pyridine rings is 1. The molecule has 7 nitrogen and oxygen atoms in total. The predicted octanol–water partition coefficient (Wildman–Crippen LogP) is 1.61. The van der Waals surface area contributed by atoms with Gasteiger partial charge in [0, 0.05) is 49.3 Å². The number of halogens is 1. The van der Waals surface area contributed by atoms with Gasteiger partial charge in [0.15, 0.2) is 0 Å². The molecule has 2 saturated heterocycles. The van der Waals surface area contributed by atoms with Crippen LogP contribution in [0, 0.1) is 5.92 Å². The van der Waals surface area contributed by atoms with Crippen LogP contribution in [-0.2, 0) is 9.59 Å². The lowest BCUT2D eigenvalue weighted by Gasteiger charge is -2.45. The highest BCUT2D eigenvalue weighted by Gasteiger charge is 2.42. The normalized spacial score (nSPS) is 21.5. The Morgan fingerprint density at radius 3 is 2.54 bits per heavy atom. The second kappa shape index (κ2) is 8.07. The van der Waals surface area contributed by atoms with Crippen LogP contribution in [0.1, 0.15) is 5.56 Å². The fraction of sp³-hybridized carbons (Fsp3) is 0.312. The molecule has 1 aromatic rings. The van der Waals surface area contributed by atoms with E-state index in [2.05, 4.69) is 43.8 Å². The number of rotatable bonds is 4. The van der Waals surface area contributed by atoms with Crippen molar-refractivity contribution in [2.45, 2.75) is 6.04 Å². The van der Waals surface area contributed by atoms with Gasteiger partial charge in [-0.3, -0.25) is 0 Å². The molecule has 24 heavy (non-hydrogen) atoms. The Morgan fingerprint density at radius 2 is 2.00 bits per heavy atom. The van der Waals surface area contributed by atoms with Crippen LogP contribution in [-0.4, -0.2) is 52.8 Å². The van der Waals surface area contributed by atoms with Crippen molar-refractivity contribution in [3.8, 4) is 0 Å². The first kappa shape index (κ1) is 18.2. The van der Waals surface area contributed by atoms with E-state index in [4.69, 9.17) is 10.2 Å². The van der Waals surface area contributed by atoms with Crippen molar-refractivity contribution in [2.75, 3.05) is 24.5 Å². The Kier molecular flexibility index (Phi) is 6.10. The lowest BCUT2D eigenvalue weighted by atomic mass is 9.91. The molecular formula is C16H18BrN3O4. The third-order valence-corrected chi connectivity index (χ3v) is 4.57. The van der Waals surface area contributed by atoms with E-state index < -0.39 is 11.9 Å². The summed E-state index contributed by atoms with van der Waals surface area (Å²) >= 11 is 3.42. The summed E-state index contributed by atoms with van der Waals surface area (Å²) in [5, 5.41) is 19.1. The van der Waals surface area contributed by atoms with E-state index in [-0.39, 0.29) is 0 Å². The average Bonchev–Trinajstić information content (AvgIpc) is 2.88. The van der Waals surface area contributed by atoms with E-state index in [0.717, 1.165) is 29.2 Å². The number of nitrogens with one attached hydrogen (secondary N) is 1. The standard InChI is InChI=1S/C12H14BrN3.C4H4O4/c1-2-8-3-10(5-15-12(8)13)16-7-9-4-14-6-11(9)16;5-3(6)1-2-4(7)8/h2-3,5,9,11,14H,1,4,6-7H2;1-2H,(H,5,6)(H,7,8)/b;2-1+/t9-,11-;/m0./s1. The monoisotopic (exact) mass is 395 g/mol. The summed E-state index contributed by atoms with van der Waals surface area (Å²) in [6, 6.07) is 2.82. The zero-order valence-electron chi connectivity index (χ0n) is 12.9. The second-order valence-corrected chi connectivity index (χ2v) is 6.18. The molecule has 2 aliphatic rings. The fourth-order valence-electron chi connectivity index (χ4n) is 2.71. The number of carboxylic acids is 2. The maximum Gasteiger partial charge on any atom is 0.328 e. The SMILES string of the molecule is C=Cc1cc(N2C[C@@H]3CNC[C@@H]32)cnc1Br.O=C(O)/C=C/C(=O)O. The molecule has 1 aromatic heterocycles. The number of hydrogen-bond acceptors (Lipinski definition) is 5. The summed E-state index contributed by atoms with van der Waals surface area (Å²) in [6.45, 7) is 7.22. The lowest BCUT2D eigenvalue weighted by molar-refractivity contribution is -0.134. The Balaban J connectivity index is 0.000000224. The third-order valence-electron chi connectivity index (χ3n) is 3.91. The smallest absolute Gasteiger partial charge is 0.328 e. The molecule has 0 amide bonds. The largest absolute Gasteiger partial charge is 0.478 e. The van der Waals surface area contributed by atoms with Crippen molar-refractivity contribution >= 4 is 39.6 Å². The van der Waals surface area contributed by atoms with Gasteiger partial charge in [0.2, 0.25) is 0 Å². The van der Waals surface area contributed by atoms with Crippen LogP contribution >= 0.6 is 15.9 Å². The number of carboxylic acid groups (broad SMARTS) is 2. The number of aliphatic carboxylic acids is 2. The Hall–Kier alpha value is -2.19. The van der Waals surface area contributed by atoms with Gasteiger partial charge in [-0.05, 0) is 22.0 Å². The van der Waals surface area contributed by atoms with Crippen LogP contribution in [0.2, 0.25) is 0 Å². The predicted molar refractivity (Wildman–Crippen MR) is 93.9 cm³/mol.